The van der Waals surface area contributed by atoms with E-state index in [0.717, 1.165) is 24.8 Å². The normalized spacial score (nSPS) is 20.5. The largest absolute Gasteiger partial charge is 0.299 e. The first kappa shape index (κ1) is 14.3. The van der Waals surface area contributed by atoms with Gasteiger partial charge in [0.2, 0.25) is 0 Å². The molecule has 1 aliphatic rings. The Balaban J connectivity index is 2.01. The van der Waals surface area contributed by atoms with E-state index in [9.17, 15) is 13.2 Å². The Labute approximate surface area is 114 Å². The van der Waals surface area contributed by atoms with Crippen molar-refractivity contribution in [3.8, 4) is 0 Å². The van der Waals surface area contributed by atoms with Gasteiger partial charge in [-0.25, -0.2) is 8.42 Å². The van der Waals surface area contributed by atoms with E-state index < -0.39 is 9.84 Å². The predicted molar refractivity (Wildman–Crippen MR) is 74.8 cm³/mol. The summed E-state index contributed by atoms with van der Waals surface area (Å²) >= 11 is 0. The van der Waals surface area contributed by atoms with Crippen molar-refractivity contribution in [1.82, 2.24) is 0 Å². The molecule has 0 bridgehead atoms. The fourth-order valence-corrected chi connectivity index (χ4v) is 3.90. The van der Waals surface area contributed by atoms with E-state index in [1.807, 2.05) is 6.92 Å². The molecule has 0 N–H and O–H groups in total. The average Bonchev–Trinajstić information content (AvgIpc) is 2.38. The van der Waals surface area contributed by atoms with Crippen LogP contribution >= 0.6 is 0 Å². The van der Waals surface area contributed by atoms with Crippen LogP contribution in [-0.2, 0) is 14.6 Å². The number of carbonyl (C=O) groups excluding carboxylic acids is 1. The van der Waals surface area contributed by atoms with Gasteiger partial charge in [-0.05, 0) is 38.3 Å². The lowest BCUT2D eigenvalue weighted by molar-refractivity contribution is -0.124. The highest BCUT2D eigenvalue weighted by molar-refractivity contribution is 7.91. The highest BCUT2D eigenvalue weighted by atomic mass is 32.2. The second-order valence-electron chi connectivity index (χ2n) is 5.33. The zero-order valence-electron chi connectivity index (χ0n) is 11.3. The lowest BCUT2D eigenvalue weighted by Crippen LogP contribution is -2.22. The number of carbonyl (C=O) groups is 1. The molecular weight excluding hydrogens is 260 g/mol. The third kappa shape index (κ3) is 3.66. The molecule has 1 atom stereocenters. The first-order chi connectivity index (χ1) is 8.99. The highest BCUT2D eigenvalue weighted by Gasteiger charge is 2.24. The second kappa shape index (κ2) is 5.87. The summed E-state index contributed by atoms with van der Waals surface area (Å²) in [6, 6.07) is 6.90. The number of aryl methyl sites for hydroxylation is 1. The van der Waals surface area contributed by atoms with E-state index in [1.165, 1.54) is 0 Å². The van der Waals surface area contributed by atoms with Crippen LogP contribution < -0.4 is 0 Å². The molecule has 1 fully saturated rings. The topological polar surface area (TPSA) is 51.2 Å². The Bertz CT molecular complexity index is 543. The quantitative estimate of drug-likeness (QED) is 0.852. The lowest BCUT2D eigenvalue weighted by atomic mass is 9.86. The number of benzene rings is 1. The molecule has 0 heterocycles. The van der Waals surface area contributed by atoms with Crippen LogP contribution in [0.4, 0.5) is 0 Å². The molecule has 0 aromatic heterocycles. The van der Waals surface area contributed by atoms with Crippen molar-refractivity contribution in [1.29, 1.82) is 0 Å². The molecule has 1 unspecified atom stereocenters. The standard InChI is InChI=1S/C15H20O3S/c1-12-6-8-14(9-7-12)19(17,18)11-10-13-4-2-3-5-15(13)16/h6-9,13H,2-5,10-11H2,1H3. The van der Waals surface area contributed by atoms with Crippen LogP contribution in [0, 0.1) is 12.8 Å². The third-order valence-electron chi connectivity index (χ3n) is 3.80. The van der Waals surface area contributed by atoms with E-state index in [0.29, 0.717) is 17.7 Å². The molecule has 2 rings (SSSR count). The monoisotopic (exact) mass is 280 g/mol. The third-order valence-corrected chi connectivity index (χ3v) is 5.56. The fraction of sp³-hybridized carbons (Fsp3) is 0.533. The van der Waals surface area contributed by atoms with Crippen molar-refractivity contribution >= 4 is 15.6 Å². The minimum atomic E-state index is -3.25. The maximum atomic E-state index is 12.2. The second-order valence-corrected chi connectivity index (χ2v) is 7.44. The number of Topliss-reactive ketones (excluding diaryl/α,β-unsaturated/α-hetero) is 1. The van der Waals surface area contributed by atoms with Crippen LogP contribution in [0.5, 0.6) is 0 Å². The summed E-state index contributed by atoms with van der Waals surface area (Å²) in [7, 11) is -3.25. The van der Waals surface area contributed by atoms with Crippen molar-refractivity contribution in [2.75, 3.05) is 5.75 Å². The van der Waals surface area contributed by atoms with Gasteiger partial charge in [-0.15, -0.1) is 0 Å². The summed E-state index contributed by atoms with van der Waals surface area (Å²) in [6.45, 7) is 1.93. The minimum Gasteiger partial charge on any atom is -0.299 e. The molecule has 1 aliphatic carbocycles. The van der Waals surface area contributed by atoms with Crippen LogP contribution in [0.2, 0.25) is 0 Å². The van der Waals surface area contributed by atoms with Gasteiger partial charge in [0, 0.05) is 12.3 Å². The van der Waals surface area contributed by atoms with Crippen LogP contribution in [0.1, 0.15) is 37.7 Å². The molecule has 0 amide bonds. The van der Waals surface area contributed by atoms with Crippen LogP contribution in [0.3, 0.4) is 0 Å². The molecule has 1 aromatic carbocycles. The molecule has 0 radical (unpaired) electrons. The molecule has 1 saturated carbocycles. The van der Waals surface area contributed by atoms with E-state index in [-0.39, 0.29) is 17.5 Å². The van der Waals surface area contributed by atoms with Gasteiger partial charge in [-0.1, -0.05) is 24.1 Å². The highest BCUT2D eigenvalue weighted by Crippen LogP contribution is 2.25. The van der Waals surface area contributed by atoms with Crippen LogP contribution in [0.25, 0.3) is 0 Å². The van der Waals surface area contributed by atoms with Gasteiger partial charge >= 0.3 is 0 Å². The van der Waals surface area contributed by atoms with Crippen LogP contribution in [0.15, 0.2) is 29.2 Å². The number of rotatable bonds is 4. The van der Waals surface area contributed by atoms with Gasteiger partial charge in [0.25, 0.3) is 0 Å². The fourth-order valence-electron chi connectivity index (χ4n) is 2.52. The Morgan fingerprint density at radius 1 is 1.16 bits per heavy atom. The zero-order chi connectivity index (χ0) is 13.9. The molecule has 0 saturated heterocycles. The first-order valence-corrected chi connectivity index (χ1v) is 8.46. The zero-order valence-corrected chi connectivity index (χ0v) is 12.1. The minimum absolute atomic E-state index is 0.0472. The maximum Gasteiger partial charge on any atom is 0.178 e. The molecule has 104 valence electrons. The van der Waals surface area contributed by atoms with Crippen molar-refractivity contribution in [2.24, 2.45) is 5.92 Å². The SMILES string of the molecule is Cc1ccc(S(=O)(=O)CCC2CCCCC2=O)cc1. The number of hydrogen-bond acceptors (Lipinski definition) is 3. The summed E-state index contributed by atoms with van der Waals surface area (Å²) < 4.78 is 24.4. The van der Waals surface area contributed by atoms with Crippen LogP contribution in [-0.4, -0.2) is 20.0 Å². The van der Waals surface area contributed by atoms with Crippen molar-refractivity contribution in [3.63, 3.8) is 0 Å². The Morgan fingerprint density at radius 2 is 1.84 bits per heavy atom. The number of ketones is 1. The maximum absolute atomic E-state index is 12.2. The molecule has 1 aromatic rings. The van der Waals surface area contributed by atoms with Crippen molar-refractivity contribution in [3.05, 3.63) is 29.8 Å². The summed E-state index contributed by atoms with van der Waals surface area (Å²) in [5, 5.41) is 0. The Hall–Kier alpha value is -1.16. The van der Waals surface area contributed by atoms with Gasteiger partial charge < -0.3 is 0 Å². The predicted octanol–water partition coefficient (Wildman–Crippen LogP) is 2.92. The Morgan fingerprint density at radius 3 is 2.47 bits per heavy atom. The lowest BCUT2D eigenvalue weighted by Gasteiger charge is -2.20. The smallest absolute Gasteiger partial charge is 0.178 e. The number of hydrogen-bond donors (Lipinski definition) is 0. The molecule has 4 heteroatoms. The molecule has 3 nitrogen and oxygen atoms in total. The summed E-state index contributed by atoms with van der Waals surface area (Å²) in [6.07, 6.45) is 3.94. The first-order valence-electron chi connectivity index (χ1n) is 6.81. The van der Waals surface area contributed by atoms with Gasteiger partial charge in [0.15, 0.2) is 9.84 Å². The summed E-state index contributed by atoms with van der Waals surface area (Å²) in [5.41, 5.74) is 1.04. The van der Waals surface area contributed by atoms with E-state index in [2.05, 4.69) is 0 Å². The number of sulfone groups is 1. The van der Waals surface area contributed by atoms with E-state index >= 15 is 0 Å². The molecule has 19 heavy (non-hydrogen) atoms. The Kier molecular flexibility index (Phi) is 4.40. The molecular formula is C15H20O3S. The van der Waals surface area contributed by atoms with E-state index in [1.54, 1.807) is 24.3 Å². The van der Waals surface area contributed by atoms with Gasteiger partial charge in [-0.3, -0.25) is 4.79 Å². The van der Waals surface area contributed by atoms with Crippen molar-refractivity contribution < 1.29 is 13.2 Å². The average molecular weight is 280 g/mol. The summed E-state index contributed by atoms with van der Waals surface area (Å²) in [4.78, 5) is 12.1. The molecule has 0 spiro atoms. The molecule has 0 aliphatic heterocycles. The van der Waals surface area contributed by atoms with Crippen molar-refractivity contribution in [2.45, 2.75) is 43.9 Å². The van der Waals surface area contributed by atoms with Gasteiger partial charge in [0.1, 0.15) is 5.78 Å². The van der Waals surface area contributed by atoms with E-state index in [4.69, 9.17) is 0 Å². The van der Waals surface area contributed by atoms with Gasteiger partial charge in [0.05, 0.1) is 10.6 Å². The van der Waals surface area contributed by atoms with Gasteiger partial charge in [-0.2, -0.15) is 0 Å². The summed E-state index contributed by atoms with van der Waals surface area (Å²) in [5.74, 6) is 0.270.